The van der Waals surface area contributed by atoms with Crippen LogP contribution in [0.2, 0.25) is 0 Å². The van der Waals surface area contributed by atoms with Gasteiger partial charge in [0, 0.05) is 11.3 Å². The molecule has 2 aromatic rings. The van der Waals surface area contributed by atoms with Gasteiger partial charge in [-0.05, 0) is 38.8 Å². The van der Waals surface area contributed by atoms with Gasteiger partial charge in [0.2, 0.25) is 0 Å². The van der Waals surface area contributed by atoms with Crippen LogP contribution in [0.5, 0.6) is 0 Å². The van der Waals surface area contributed by atoms with Crippen molar-refractivity contribution in [1.82, 2.24) is 0 Å². The molecule has 3 N–H and O–H groups in total. The minimum absolute atomic E-state index is 0.0418. The Morgan fingerprint density at radius 1 is 0.955 bits per heavy atom. The highest BCUT2D eigenvalue weighted by atomic mass is 16.2. The average Bonchev–Trinajstić information content (AvgIpc) is 2.51. The van der Waals surface area contributed by atoms with Crippen LogP contribution in [0.3, 0.4) is 0 Å². The Hall–Kier alpha value is -2.13. The standard InChI is InChI=1S/C19H24N2O/c1-13-9-8-10-14(2)18(13)21-19(22)16(4)20-15(3)17-11-6-5-7-12-17/h5-12,15-16,20H,1-4H3,(H,21,22)/p+1/t15-,16-/m1/s1. The van der Waals surface area contributed by atoms with Crippen LogP contribution < -0.4 is 10.6 Å². The van der Waals surface area contributed by atoms with E-state index in [1.165, 1.54) is 5.56 Å². The maximum atomic E-state index is 12.4. The maximum absolute atomic E-state index is 12.4. The lowest BCUT2D eigenvalue weighted by molar-refractivity contribution is -0.709. The first-order chi connectivity index (χ1) is 10.5. The van der Waals surface area contributed by atoms with Crippen LogP contribution >= 0.6 is 0 Å². The second-order valence-corrected chi connectivity index (χ2v) is 5.94. The quantitative estimate of drug-likeness (QED) is 0.875. The third-order valence-electron chi connectivity index (χ3n) is 4.05. The van der Waals surface area contributed by atoms with E-state index in [1.807, 2.05) is 57.2 Å². The molecule has 0 aliphatic heterocycles. The van der Waals surface area contributed by atoms with Gasteiger partial charge in [-0.25, -0.2) is 0 Å². The maximum Gasteiger partial charge on any atom is 0.282 e. The van der Waals surface area contributed by atoms with Crippen LogP contribution in [0.25, 0.3) is 0 Å². The molecule has 3 heteroatoms. The fraction of sp³-hybridized carbons (Fsp3) is 0.316. The summed E-state index contributed by atoms with van der Waals surface area (Å²) in [6.07, 6.45) is 0. The van der Waals surface area contributed by atoms with Crippen molar-refractivity contribution in [3.63, 3.8) is 0 Å². The number of hydrogen-bond acceptors (Lipinski definition) is 1. The minimum atomic E-state index is -0.144. The number of aryl methyl sites for hydroxylation is 2. The van der Waals surface area contributed by atoms with Crippen molar-refractivity contribution in [3.05, 3.63) is 65.2 Å². The molecule has 0 unspecified atom stereocenters. The monoisotopic (exact) mass is 297 g/mol. The zero-order chi connectivity index (χ0) is 16.1. The molecule has 0 heterocycles. The van der Waals surface area contributed by atoms with Crippen LogP contribution in [-0.2, 0) is 4.79 Å². The summed E-state index contributed by atoms with van der Waals surface area (Å²) in [7, 11) is 0. The van der Waals surface area contributed by atoms with Crippen molar-refractivity contribution in [2.45, 2.75) is 39.8 Å². The van der Waals surface area contributed by atoms with Crippen molar-refractivity contribution in [1.29, 1.82) is 0 Å². The van der Waals surface area contributed by atoms with Crippen molar-refractivity contribution in [3.8, 4) is 0 Å². The average molecular weight is 297 g/mol. The summed E-state index contributed by atoms with van der Waals surface area (Å²) in [4.78, 5) is 12.4. The number of para-hydroxylation sites is 1. The van der Waals surface area contributed by atoms with Crippen LogP contribution in [-0.4, -0.2) is 11.9 Å². The SMILES string of the molecule is Cc1cccc(C)c1NC(=O)[C@@H](C)[NH2+][C@H](C)c1ccccc1. The third-order valence-corrected chi connectivity index (χ3v) is 4.05. The van der Waals surface area contributed by atoms with Crippen LogP contribution in [0, 0.1) is 13.8 Å². The van der Waals surface area contributed by atoms with Crippen molar-refractivity contribution in [2.75, 3.05) is 5.32 Å². The van der Waals surface area contributed by atoms with E-state index < -0.39 is 0 Å². The number of carbonyl (C=O) groups excluding carboxylic acids is 1. The fourth-order valence-electron chi connectivity index (χ4n) is 2.64. The van der Waals surface area contributed by atoms with E-state index in [2.05, 4.69) is 29.7 Å². The number of hydrogen-bond donors (Lipinski definition) is 2. The molecule has 3 nitrogen and oxygen atoms in total. The van der Waals surface area contributed by atoms with Gasteiger partial charge in [-0.2, -0.15) is 0 Å². The van der Waals surface area contributed by atoms with Crippen molar-refractivity contribution >= 4 is 11.6 Å². The summed E-state index contributed by atoms with van der Waals surface area (Å²) in [5.74, 6) is 0.0418. The van der Waals surface area contributed by atoms with Gasteiger partial charge in [0.15, 0.2) is 6.04 Å². The smallest absolute Gasteiger partial charge is 0.282 e. The van der Waals surface area contributed by atoms with E-state index in [0.29, 0.717) is 0 Å². The summed E-state index contributed by atoms with van der Waals surface area (Å²) < 4.78 is 0. The fourth-order valence-corrected chi connectivity index (χ4v) is 2.64. The Morgan fingerprint density at radius 3 is 2.14 bits per heavy atom. The third kappa shape index (κ3) is 3.95. The lowest BCUT2D eigenvalue weighted by Gasteiger charge is -2.18. The van der Waals surface area contributed by atoms with Gasteiger partial charge in [0.25, 0.3) is 5.91 Å². The zero-order valence-electron chi connectivity index (χ0n) is 13.8. The summed E-state index contributed by atoms with van der Waals surface area (Å²) in [6.45, 7) is 8.10. The first-order valence-corrected chi connectivity index (χ1v) is 7.76. The largest absolute Gasteiger partial charge is 0.330 e. The molecule has 0 radical (unpaired) electrons. The van der Waals surface area contributed by atoms with Gasteiger partial charge >= 0.3 is 0 Å². The molecule has 116 valence electrons. The Labute approximate surface area is 132 Å². The van der Waals surface area contributed by atoms with Gasteiger partial charge in [0.1, 0.15) is 6.04 Å². The lowest BCUT2D eigenvalue weighted by atomic mass is 10.1. The second-order valence-electron chi connectivity index (χ2n) is 5.94. The molecule has 0 saturated carbocycles. The normalized spacial score (nSPS) is 13.5. The lowest BCUT2D eigenvalue weighted by Crippen LogP contribution is -2.91. The van der Waals surface area contributed by atoms with Gasteiger partial charge in [-0.3, -0.25) is 4.79 Å². The second kappa shape index (κ2) is 7.23. The number of nitrogens with two attached hydrogens (primary N) is 1. The molecule has 2 atom stereocenters. The molecule has 0 aromatic heterocycles. The molecule has 0 fully saturated rings. The highest BCUT2D eigenvalue weighted by Gasteiger charge is 2.21. The van der Waals surface area contributed by atoms with E-state index in [9.17, 15) is 4.79 Å². The predicted octanol–water partition coefficient (Wildman–Crippen LogP) is 2.96. The number of amides is 1. The summed E-state index contributed by atoms with van der Waals surface area (Å²) in [5, 5.41) is 5.16. The summed E-state index contributed by atoms with van der Waals surface area (Å²) >= 11 is 0. The minimum Gasteiger partial charge on any atom is -0.330 e. The molecule has 0 aliphatic carbocycles. The summed E-state index contributed by atoms with van der Waals surface area (Å²) in [6, 6.07) is 16.4. The van der Waals surface area contributed by atoms with Gasteiger partial charge in [-0.15, -0.1) is 0 Å². The summed E-state index contributed by atoms with van der Waals surface area (Å²) in [5.41, 5.74) is 4.35. The Balaban J connectivity index is 2.01. The van der Waals surface area contributed by atoms with Crippen LogP contribution in [0.15, 0.2) is 48.5 Å². The highest BCUT2D eigenvalue weighted by molar-refractivity contribution is 5.94. The highest BCUT2D eigenvalue weighted by Crippen LogP contribution is 2.19. The molecular formula is C19H25N2O+. The first kappa shape index (κ1) is 16.2. The van der Waals surface area contributed by atoms with Crippen LogP contribution in [0.1, 0.15) is 36.6 Å². The number of nitrogens with one attached hydrogen (secondary N) is 1. The first-order valence-electron chi connectivity index (χ1n) is 7.76. The van der Waals surface area contributed by atoms with Gasteiger partial charge in [-0.1, -0.05) is 48.5 Å². The van der Waals surface area contributed by atoms with Crippen molar-refractivity contribution in [2.24, 2.45) is 0 Å². The van der Waals surface area contributed by atoms with E-state index in [-0.39, 0.29) is 18.0 Å². The molecule has 0 saturated heterocycles. The van der Waals surface area contributed by atoms with Gasteiger partial charge < -0.3 is 10.6 Å². The van der Waals surface area contributed by atoms with E-state index >= 15 is 0 Å². The topological polar surface area (TPSA) is 45.7 Å². The van der Waals surface area contributed by atoms with Crippen LogP contribution in [0.4, 0.5) is 5.69 Å². The van der Waals surface area contributed by atoms with E-state index in [0.717, 1.165) is 16.8 Å². The predicted molar refractivity (Wildman–Crippen MR) is 90.8 cm³/mol. The van der Waals surface area contributed by atoms with Gasteiger partial charge in [0.05, 0.1) is 0 Å². The number of quaternary nitrogens is 1. The molecule has 2 rings (SSSR count). The van der Waals surface area contributed by atoms with E-state index in [4.69, 9.17) is 0 Å². The number of carbonyl (C=O) groups is 1. The molecule has 22 heavy (non-hydrogen) atoms. The molecule has 0 spiro atoms. The van der Waals surface area contributed by atoms with E-state index in [1.54, 1.807) is 0 Å². The molecule has 0 aliphatic rings. The zero-order valence-corrected chi connectivity index (χ0v) is 13.8. The molecule has 0 bridgehead atoms. The molecule has 2 aromatic carbocycles. The molecule has 1 amide bonds. The number of benzene rings is 2. The Morgan fingerprint density at radius 2 is 1.55 bits per heavy atom. The number of anilines is 1. The Bertz CT molecular complexity index is 617. The van der Waals surface area contributed by atoms with Crippen molar-refractivity contribution < 1.29 is 10.1 Å². The number of rotatable bonds is 5. The Kier molecular flexibility index (Phi) is 5.34. The molecular weight excluding hydrogens is 272 g/mol.